The number of fused-ring (bicyclic) bond motifs is 4. The third kappa shape index (κ3) is 3.10. The number of piperidine rings is 1. The Balaban J connectivity index is 1.51. The second-order valence-electron chi connectivity index (χ2n) is 7.68. The van der Waals surface area contributed by atoms with E-state index in [0.29, 0.717) is 26.2 Å². The molecule has 0 unspecified atom stereocenters. The molecule has 9 nitrogen and oxygen atoms in total. The van der Waals surface area contributed by atoms with Gasteiger partial charge >= 0.3 is 11.2 Å². The summed E-state index contributed by atoms with van der Waals surface area (Å²) in [5.74, 6) is 0.262. The van der Waals surface area contributed by atoms with Gasteiger partial charge in [0.1, 0.15) is 6.04 Å². The molecule has 0 spiro atoms. The number of nitrogens with zero attached hydrogens (tertiary/aromatic N) is 5. The van der Waals surface area contributed by atoms with E-state index >= 15 is 0 Å². The summed E-state index contributed by atoms with van der Waals surface area (Å²) in [6, 6.07) is 4.85. The molecule has 3 aliphatic rings. The van der Waals surface area contributed by atoms with Crippen molar-refractivity contribution in [3.05, 3.63) is 38.3 Å². The van der Waals surface area contributed by atoms with Crippen LogP contribution < -0.4 is 5.56 Å². The Morgan fingerprint density at radius 3 is 2.89 bits per heavy atom. The summed E-state index contributed by atoms with van der Waals surface area (Å²) in [6.45, 7) is 2.69. The standard InChI is InChI=1S/C18H21N5O4/c19-7-14-2-1-5-21(14)17(24)11-20-8-12-6-13(10-20)15-3-4-16(23(26)27)18(25)22(15)9-12/h3-4,12-14H,1-2,5-6,8-11H2/t12-,13-,14+/m1/s1. The fourth-order valence-electron chi connectivity index (χ4n) is 4.78. The Morgan fingerprint density at radius 1 is 1.33 bits per heavy atom. The summed E-state index contributed by atoms with van der Waals surface area (Å²) in [6.07, 6.45) is 2.53. The zero-order valence-corrected chi connectivity index (χ0v) is 14.9. The molecule has 1 aromatic rings. The molecule has 4 heterocycles. The van der Waals surface area contributed by atoms with E-state index in [4.69, 9.17) is 0 Å². The molecule has 142 valence electrons. The predicted octanol–water partition coefficient (Wildman–Crippen LogP) is 0.690. The first-order valence-electron chi connectivity index (χ1n) is 9.27. The zero-order chi connectivity index (χ0) is 19.1. The summed E-state index contributed by atoms with van der Waals surface area (Å²) < 4.78 is 1.54. The highest BCUT2D eigenvalue weighted by Gasteiger charge is 2.37. The van der Waals surface area contributed by atoms with E-state index in [-0.39, 0.29) is 36.0 Å². The lowest BCUT2D eigenvalue weighted by Gasteiger charge is -2.42. The Labute approximate surface area is 155 Å². The van der Waals surface area contributed by atoms with Gasteiger partial charge < -0.3 is 9.47 Å². The molecule has 0 radical (unpaired) electrons. The van der Waals surface area contributed by atoms with Gasteiger partial charge in [-0.15, -0.1) is 0 Å². The van der Waals surface area contributed by atoms with Gasteiger partial charge in [0.25, 0.3) is 0 Å². The summed E-state index contributed by atoms with van der Waals surface area (Å²) in [7, 11) is 0. The van der Waals surface area contributed by atoms with Crippen molar-refractivity contribution in [1.29, 1.82) is 5.26 Å². The minimum atomic E-state index is -0.632. The number of hydrogen-bond donors (Lipinski definition) is 0. The number of carbonyl (C=O) groups excluding carboxylic acids is 1. The second-order valence-corrected chi connectivity index (χ2v) is 7.68. The topological polar surface area (TPSA) is 112 Å². The van der Waals surface area contributed by atoms with Crippen LogP contribution in [0.15, 0.2) is 16.9 Å². The minimum absolute atomic E-state index is 0.0138. The smallest absolute Gasteiger partial charge is 0.326 e. The molecule has 27 heavy (non-hydrogen) atoms. The second kappa shape index (κ2) is 6.78. The van der Waals surface area contributed by atoms with Crippen molar-refractivity contribution in [1.82, 2.24) is 14.4 Å². The van der Waals surface area contributed by atoms with E-state index in [1.54, 1.807) is 15.5 Å². The van der Waals surface area contributed by atoms with E-state index in [9.17, 15) is 25.0 Å². The first kappa shape index (κ1) is 17.7. The number of carbonyl (C=O) groups is 1. The molecule has 2 saturated heterocycles. The van der Waals surface area contributed by atoms with Gasteiger partial charge in [-0.2, -0.15) is 5.26 Å². The number of hydrogen-bond acceptors (Lipinski definition) is 6. The molecule has 4 rings (SSSR count). The van der Waals surface area contributed by atoms with Gasteiger partial charge in [-0.1, -0.05) is 0 Å². The Morgan fingerprint density at radius 2 is 2.15 bits per heavy atom. The molecule has 2 fully saturated rings. The van der Waals surface area contributed by atoms with Crippen LogP contribution in [0.1, 0.15) is 30.9 Å². The molecule has 1 amide bonds. The Hall–Kier alpha value is -2.73. The largest absolute Gasteiger partial charge is 0.334 e. The van der Waals surface area contributed by atoms with Crippen LogP contribution in [-0.2, 0) is 11.3 Å². The zero-order valence-electron chi connectivity index (χ0n) is 14.9. The van der Waals surface area contributed by atoms with Crippen LogP contribution in [0.2, 0.25) is 0 Å². The summed E-state index contributed by atoms with van der Waals surface area (Å²) in [5.41, 5.74) is -0.108. The van der Waals surface area contributed by atoms with Crippen LogP contribution in [0.25, 0.3) is 0 Å². The number of nitro groups is 1. The number of rotatable bonds is 3. The first-order valence-corrected chi connectivity index (χ1v) is 9.27. The van der Waals surface area contributed by atoms with Crippen LogP contribution in [0.4, 0.5) is 5.69 Å². The molecule has 0 aliphatic carbocycles. The van der Waals surface area contributed by atoms with E-state index in [1.807, 2.05) is 0 Å². The lowest BCUT2D eigenvalue weighted by atomic mass is 9.83. The third-order valence-corrected chi connectivity index (χ3v) is 5.94. The first-order chi connectivity index (χ1) is 13.0. The van der Waals surface area contributed by atoms with E-state index < -0.39 is 10.5 Å². The van der Waals surface area contributed by atoms with Crippen LogP contribution in [0.3, 0.4) is 0 Å². The average Bonchev–Trinajstić information content (AvgIpc) is 3.11. The lowest BCUT2D eigenvalue weighted by molar-refractivity contribution is -0.386. The number of aromatic nitrogens is 1. The molecule has 0 aromatic carbocycles. The number of likely N-dealkylation sites (tertiary alicyclic amines) is 2. The SMILES string of the molecule is N#C[C@@H]1CCCN1C(=O)CN1C[C@H]2C[C@H](C1)c1ccc([N+](=O)[O-])c(=O)n1C2. The number of amides is 1. The molecule has 0 saturated carbocycles. The van der Waals surface area contributed by atoms with Crippen molar-refractivity contribution in [3.63, 3.8) is 0 Å². The van der Waals surface area contributed by atoms with Crippen molar-refractivity contribution < 1.29 is 9.72 Å². The van der Waals surface area contributed by atoms with Crippen molar-refractivity contribution in [2.75, 3.05) is 26.2 Å². The highest BCUT2D eigenvalue weighted by atomic mass is 16.6. The monoisotopic (exact) mass is 371 g/mol. The third-order valence-electron chi connectivity index (χ3n) is 5.94. The molecule has 9 heteroatoms. The van der Waals surface area contributed by atoms with Gasteiger partial charge in [0, 0.05) is 43.9 Å². The molecular formula is C18H21N5O4. The summed E-state index contributed by atoms with van der Waals surface area (Å²) in [4.78, 5) is 39.2. The van der Waals surface area contributed by atoms with Gasteiger partial charge in [0.2, 0.25) is 5.91 Å². The molecule has 3 aliphatic heterocycles. The van der Waals surface area contributed by atoms with Gasteiger partial charge in [-0.05, 0) is 31.2 Å². The molecule has 3 atom stereocenters. The summed E-state index contributed by atoms with van der Waals surface area (Å²) in [5, 5.41) is 20.2. The lowest BCUT2D eigenvalue weighted by Crippen LogP contribution is -2.50. The van der Waals surface area contributed by atoms with Crippen molar-refractivity contribution in [2.45, 2.75) is 37.8 Å². The van der Waals surface area contributed by atoms with Crippen molar-refractivity contribution in [3.8, 4) is 6.07 Å². The van der Waals surface area contributed by atoms with E-state index in [0.717, 1.165) is 25.0 Å². The van der Waals surface area contributed by atoms with Crippen molar-refractivity contribution >= 4 is 11.6 Å². The highest BCUT2D eigenvalue weighted by molar-refractivity contribution is 5.79. The number of nitriles is 1. The number of pyridine rings is 1. The normalized spacial score (nSPS) is 27.1. The van der Waals surface area contributed by atoms with Crippen LogP contribution in [0.5, 0.6) is 0 Å². The van der Waals surface area contributed by atoms with Gasteiger partial charge in [-0.3, -0.25) is 24.6 Å². The maximum absolute atomic E-state index is 12.6. The summed E-state index contributed by atoms with van der Waals surface area (Å²) >= 11 is 0. The van der Waals surface area contributed by atoms with Crippen LogP contribution >= 0.6 is 0 Å². The van der Waals surface area contributed by atoms with Gasteiger partial charge in [0.05, 0.1) is 17.5 Å². The fraction of sp³-hybridized carbons (Fsp3) is 0.611. The highest BCUT2D eigenvalue weighted by Crippen LogP contribution is 2.35. The Kier molecular flexibility index (Phi) is 4.44. The van der Waals surface area contributed by atoms with Gasteiger partial charge in [0.15, 0.2) is 0 Å². The molecule has 0 N–H and O–H groups in total. The molecule has 2 bridgehead atoms. The van der Waals surface area contributed by atoms with E-state index in [2.05, 4.69) is 11.0 Å². The van der Waals surface area contributed by atoms with Crippen LogP contribution in [0, 0.1) is 27.4 Å². The maximum atomic E-state index is 12.6. The van der Waals surface area contributed by atoms with E-state index in [1.165, 1.54) is 6.07 Å². The minimum Gasteiger partial charge on any atom is -0.326 e. The molecule has 1 aromatic heterocycles. The predicted molar refractivity (Wildman–Crippen MR) is 95.0 cm³/mol. The van der Waals surface area contributed by atoms with Gasteiger partial charge in [-0.25, -0.2) is 0 Å². The average molecular weight is 371 g/mol. The fourth-order valence-corrected chi connectivity index (χ4v) is 4.78. The van der Waals surface area contributed by atoms with Crippen molar-refractivity contribution in [2.24, 2.45) is 5.92 Å². The molecular weight excluding hydrogens is 350 g/mol. The quantitative estimate of drug-likeness (QED) is 0.571. The maximum Gasteiger partial charge on any atom is 0.334 e. The Bertz CT molecular complexity index is 889. The van der Waals surface area contributed by atoms with Crippen LogP contribution in [-0.4, -0.2) is 57.4 Å².